The van der Waals surface area contributed by atoms with E-state index in [-0.39, 0.29) is 5.91 Å². The van der Waals surface area contributed by atoms with Gasteiger partial charge < -0.3 is 10.6 Å². The van der Waals surface area contributed by atoms with E-state index in [9.17, 15) is 4.79 Å². The molecule has 0 aliphatic heterocycles. The summed E-state index contributed by atoms with van der Waals surface area (Å²) < 4.78 is 0. The summed E-state index contributed by atoms with van der Waals surface area (Å²) in [6.45, 7) is 6.04. The summed E-state index contributed by atoms with van der Waals surface area (Å²) >= 11 is 0. The van der Waals surface area contributed by atoms with Gasteiger partial charge in [-0.3, -0.25) is 4.79 Å². The number of carbonyl (C=O) groups excluding carboxylic acids is 1. The van der Waals surface area contributed by atoms with E-state index >= 15 is 0 Å². The number of carbonyl (C=O) groups is 1. The van der Waals surface area contributed by atoms with Gasteiger partial charge in [0.25, 0.3) is 0 Å². The lowest BCUT2D eigenvalue weighted by atomic mass is 9.85. The first-order chi connectivity index (χ1) is 7.22. The van der Waals surface area contributed by atoms with Gasteiger partial charge in [0.05, 0.1) is 0 Å². The van der Waals surface area contributed by atoms with E-state index in [0.29, 0.717) is 12.5 Å². The van der Waals surface area contributed by atoms with Gasteiger partial charge in [0.15, 0.2) is 0 Å². The Balaban J connectivity index is 1.91. The third-order valence-electron chi connectivity index (χ3n) is 3.21. The molecular weight excluding hydrogens is 188 g/mol. The second-order valence-electron chi connectivity index (χ2n) is 4.63. The highest BCUT2D eigenvalue weighted by Gasteiger charge is 2.16. The summed E-state index contributed by atoms with van der Waals surface area (Å²) in [6, 6.07) is 0.309. The third kappa shape index (κ3) is 5.17. The number of nitrogens with one attached hydrogen (secondary N) is 2. The summed E-state index contributed by atoms with van der Waals surface area (Å²) in [6.07, 6.45) is 5.73. The van der Waals surface area contributed by atoms with Crippen LogP contribution in [0.5, 0.6) is 0 Å². The van der Waals surface area contributed by atoms with Gasteiger partial charge in [0, 0.05) is 19.0 Å². The van der Waals surface area contributed by atoms with Gasteiger partial charge in [-0.1, -0.05) is 13.3 Å². The van der Waals surface area contributed by atoms with E-state index < -0.39 is 0 Å². The molecule has 1 unspecified atom stereocenters. The Bertz CT molecular complexity index is 190. The van der Waals surface area contributed by atoms with Crippen molar-refractivity contribution in [3.63, 3.8) is 0 Å². The molecule has 0 aromatic carbocycles. The molecule has 1 amide bonds. The molecule has 15 heavy (non-hydrogen) atoms. The minimum absolute atomic E-state index is 0.172. The Hall–Kier alpha value is -0.570. The molecular formula is C12H24N2O. The number of hydrogen-bond acceptors (Lipinski definition) is 2. The van der Waals surface area contributed by atoms with Gasteiger partial charge in [-0.15, -0.1) is 0 Å². The largest absolute Gasteiger partial charge is 0.354 e. The van der Waals surface area contributed by atoms with Crippen molar-refractivity contribution in [3.8, 4) is 0 Å². The minimum atomic E-state index is 0.172. The summed E-state index contributed by atoms with van der Waals surface area (Å²) in [5.41, 5.74) is 0. The summed E-state index contributed by atoms with van der Waals surface area (Å²) in [7, 11) is 0. The van der Waals surface area contributed by atoms with Gasteiger partial charge in [0.2, 0.25) is 5.91 Å². The first kappa shape index (κ1) is 12.5. The molecule has 1 rings (SSSR count). The lowest BCUT2D eigenvalue weighted by Gasteiger charge is -2.25. The summed E-state index contributed by atoms with van der Waals surface area (Å²) in [4.78, 5) is 11.4. The molecule has 0 heterocycles. The Kier molecular flexibility index (Phi) is 5.69. The molecule has 0 radical (unpaired) electrons. The van der Waals surface area contributed by atoms with Crippen LogP contribution in [0.3, 0.4) is 0 Å². The fourth-order valence-corrected chi connectivity index (χ4v) is 1.65. The van der Waals surface area contributed by atoms with Crippen molar-refractivity contribution in [2.75, 3.05) is 13.1 Å². The molecule has 0 saturated heterocycles. The van der Waals surface area contributed by atoms with Crippen LogP contribution in [0.2, 0.25) is 0 Å². The molecule has 1 saturated carbocycles. The van der Waals surface area contributed by atoms with Crippen molar-refractivity contribution in [1.29, 1.82) is 0 Å². The van der Waals surface area contributed by atoms with Crippen LogP contribution in [0, 0.1) is 5.92 Å². The molecule has 1 atom stereocenters. The molecule has 0 aromatic heterocycles. The smallest absolute Gasteiger partial charge is 0.221 e. The highest BCUT2D eigenvalue weighted by molar-refractivity contribution is 5.76. The average molecular weight is 212 g/mol. The Labute approximate surface area is 93.0 Å². The molecule has 3 nitrogen and oxygen atoms in total. The van der Waals surface area contributed by atoms with Crippen molar-refractivity contribution in [1.82, 2.24) is 10.6 Å². The number of hydrogen-bond donors (Lipinski definition) is 2. The lowest BCUT2D eigenvalue weighted by molar-refractivity contribution is -0.121. The maximum absolute atomic E-state index is 11.4. The van der Waals surface area contributed by atoms with Gasteiger partial charge >= 0.3 is 0 Å². The molecule has 1 aliphatic rings. The zero-order valence-electron chi connectivity index (χ0n) is 10.0. The Morgan fingerprint density at radius 1 is 1.47 bits per heavy atom. The third-order valence-corrected chi connectivity index (χ3v) is 3.21. The van der Waals surface area contributed by atoms with Crippen LogP contribution in [-0.4, -0.2) is 25.0 Å². The van der Waals surface area contributed by atoms with E-state index in [4.69, 9.17) is 0 Å². The van der Waals surface area contributed by atoms with E-state index in [1.54, 1.807) is 0 Å². The fraction of sp³-hybridized carbons (Fsp3) is 0.917. The first-order valence-electron chi connectivity index (χ1n) is 6.22. The van der Waals surface area contributed by atoms with Gasteiger partial charge in [-0.2, -0.15) is 0 Å². The van der Waals surface area contributed by atoms with Crippen LogP contribution >= 0.6 is 0 Å². The summed E-state index contributed by atoms with van der Waals surface area (Å²) in [5, 5.41) is 6.32. The number of amides is 1. The van der Waals surface area contributed by atoms with Gasteiger partial charge in [0.1, 0.15) is 0 Å². The molecule has 0 aromatic rings. The molecule has 88 valence electrons. The van der Waals surface area contributed by atoms with Crippen LogP contribution < -0.4 is 10.6 Å². The van der Waals surface area contributed by atoms with E-state index in [0.717, 1.165) is 25.4 Å². The van der Waals surface area contributed by atoms with E-state index in [1.165, 1.54) is 19.3 Å². The standard InChI is InChI=1S/C12H24N2O/c1-3-10(2)14-12(15)7-8-13-9-11-5-4-6-11/h10-11,13H,3-9H2,1-2H3,(H,14,15). The second kappa shape index (κ2) is 6.83. The maximum Gasteiger partial charge on any atom is 0.221 e. The highest BCUT2D eigenvalue weighted by Crippen LogP contribution is 2.24. The topological polar surface area (TPSA) is 41.1 Å². The lowest BCUT2D eigenvalue weighted by Crippen LogP contribution is -2.35. The average Bonchev–Trinajstić information content (AvgIpc) is 2.14. The van der Waals surface area contributed by atoms with Crippen LogP contribution in [0.25, 0.3) is 0 Å². The van der Waals surface area contributed by atoms with Gasteiger partial charge in [-0.25, -0.2) is 0 Å². The highest BCUT2D eigenvalue weighted by atomic mass is 16.1. The minimum Gasteiger partial charge on any atom is -0.354 e. The van der Waals surface area contributed by atoms with Crippen LogP contribution in [0.15, 0.2) is 0 Å². The van der Waals surface area contributed by atoms with Crippen molar-refractivity contribution >= 4 is 5.91 Å². The first-order valence-corrected chi connectivity index (χ1v) is 6.22. The van der Waals surface area contributed by atoms with Crippen LogP contribution in [0.4, 0.5) is 0 Å². The predicted molar refractivity (Wildman–Crippen MR) is 62.7 cm³/mol. The van der Waals surface area contributed by atoms with Crippen LogP contribution in [0.1, 0.15) is 46.0 Å². The fourth-order valence-electron chi connectivity index (χ4n) is 1.65. The van der Waals surface area contributed by atoms with E-state index in [2.05, 4.69) is 17.6 Å². The van der Waals surface area contributed by atoms with Crippen molar-refractivity contribution in [2.45, 2.75) is 52.0 Å². The monoisotopic (exact) mass is 212 g/mol. The molecule has 0 bridgehead atoms. The molecule has 3 heteroatoms. The van der Waals surface area contributed by atoms with Crippen molar-refractivity contribution < 1.29 is 4.79 Å². The van der Waals surface area contributed by atoms with E-state index in [1.807, 2.05) is 6.92 Å². The van der Waals surface area contributed by atoms with Crippen molar-refractivity contribution in [2.24, 2.45) is 5.92 Å². The van der Waals surface area contributed by atoms with Crippen molar-refractivity contribution in [3.05, 3.63) is 0 Å². The number of rotatable bonds is 7. The Morgan fingerprint density at radius 3 is 2.73 bits per heavy atom. The molecule has 2 N–H and O–H groups in total. The van der Waals surface area contributed by atoms with Crippen LogP contribution in [-0.2, 0) is 4.79 Å². The predicted octanol–water partition coefficient (Wildman–Crippen LogP) is 1.68. The molecule has 1 fully saturated rings. The zero-order valence-corrected chi connectivity index (χ0v) is 10.0. The maximum atomic E-state index is 11.4. The molecule has 1 aliphatic carbocycles. The normalized spacial score (nSPS) is 18.3. The van der Waals surface area contributed by atoms with Gasteiger partial charge in [-0.05, 0) is 38.6 Å². The SMILES string of the molecule is CCC(C)NC(=O)CCNCC1CCC1. The molecule has 0 spiro atoms. The summed E-state index contributed by atoms with van der Waals surface area (Å²) in [5.74, 6) is 1.05. The second-order valence-corrected chi connectivity index (χ2v) is 4.63. The quantitative estimate of drug-likeness (QED) is 0.630. The Morgan fingerprint density at radius 2 is 2.20 bits per heavy atom. The zero-order chi connectivity index (χ0) is 11.1.